The summed E-state index contributed by atoms with van der Waals surface area (Å²) >= 11 is 0. The van der Waals surface area contributed by atoms with Gasteiger partial charge in [0.15, 0.2) is 17.5 Å². The second-order valence-corrected chi connectivity index (χ2v) is 6.60. The van der Waals surface area contributed by atoms with E-state index in [9.17, 15) is 0 Å². The fourth-order valence-corrected chi connectivity index (χ4v) is 3.29. The van der Waals surface area contributed by atoms with Crippen LogP contribution in [0.25, 0.3) is 0 Å². The number of benzene rings is 1. The van der Waals surface area contributed by atoms with Gasteiger partial charge in [-0.25, -0.2) is 0 Å². The highest BCUT2D eigenvalue weighted by Gasteiger charge is 2.19. The summed E-state index contributed by atoms with van der Waals surface area (Å²) < 4.78 is 11.0. The van der Waals surface area contributed by atoms with Crippen molar-refractivity contribution < 1.29 is 9.47 Å². The van der Waals surface area contributed by atoms with Crippen molar-refractivity contribution in [2.75, 3.05) is 40.4 Å². The van der Waals surface area contributed by atoms with Crippen LogP contribution in [0.2, 0.25) is 0 Å². The highest BCUT2D eigenvalue weighted by Crippen LogP contribution is 2.27. The Balaban J connectivity index is 0.00000364. The molecule has 1 aromatic rings. The zero-order valence-corrected chi connectivity index (χ0v) is 19.4. The molecular weight excluding hydrogens is 455 g/mol. The number of hydrogen-bond acceptors (Lipinski definition) is 4. The molecule has 0 radical (unpaired) electrons. The summed E-state index contributed by atoms with van der Waals surface area (Å²) in [5.74, 6) is 2.39. The van der Waals surface area contributed by atoms with Crippen LogP contribution in [-0.2, 0) is 6.54 Å². The molecule has 6 nitrogen and oxygen atoms in total. The number of piperidine rings is 1. The lowest BCUT2D eigenvalue weighted by atomic mass is 10.1. The second kappa shape index (κ2) is 13.0. The van der Waals surface area contributed by atoms with Crippen LogP contribution in [0, 0.1) is 0 Å². The van der Waals surface area contributed by atoms with E-state index in [1.54, 1.807) is 7.11 Å². The van der Waals surface area contributed by atoms with Crippen molar-refractivity contribution in [1.29, 1.82) is 0 Å². The topological polar surface area (TPSA) is 58.1 Å². The molecule has 0 amide bonds. The van der Waals surface area contributed by atoms with Gasteiger partial charge in [0.05, 0.1) is 13.7 Å². The highest BCUT2D eigenvalue weighted by atomic mass is 127. The van der Waals surface area contributed by atoms with E-state index in [0.717, 1.165) is 35.9 Å². The number of aliphatic imine (C=N–C) groups is 1. The maximum absolute atomic E-state index is 5.65. The normalized spacial score (nSPS) is 15.8. The third-order valence-corrected chi connectivity index (χ3v) is 4.68. The summed E-state index contributed by atoms with van der Waals surface area (Å²) in [5.41, 5.74) is 1.13. The van der Waals surface area contributed by atoms with Gasteiger partial charge in [0.25, 0.3) is 0 Å². The number of methoxy groups -OCH3 is 1. The number of hydrogen-bond donors (Lipinski definition) is 2. The van der Waals surface area contributed by atoms with Crippen molar-refractivity contribution in [1.82, 2.24) is 15.5 Å². The number of nitrogens with one attached hydrogen (secondary N) is 2. The van der Waals surface area contributed by atoms with Crippen molar-refractivity contribution >= 4 is 29.9 Å². The Kier molecular flexibility index (Phi) is 11.5. The first-order valence-electron chi connectivity index (χ1n) is 9.69. The second-order valence-electron chi connectivity index (χ2n) is 6.60. The van der Waals surface area contributed by atoms with E-state index in [-0.39, 0.29) is 24.0 Å². The van der Waals surface area contributed by atoms with E-state index in [0.29, 0.717) is 19.2 Å². The Morgan fingerprint density at radius 2 is 1.96 bits per heavy atom. The lowest BCUT2D eigenvalue weighted by Gasteiger charge is -2.32. The van der Waals surface area contributed by atoms with Crippen LogP contribution < -0.4 is 20.1 Å². The van der Waals surface area contributed by atoms with E-state index in [2.05, 4.69) is 27.4 Å². The fraction of sp³-hybridized carbons (Fsp3) is 0.650. The molecule has 0 saturated carbocycles. The van der Waals surface area contributed by atoms with Gasteiger partial charge in [0.1, 0.15) is 0 Å². The van der Waals surface area contributed by atoms with Gasteiger partial charge in [-0.15, -0.1) is 24.0 Å². The quantitative estimate of drug-likeness (QED) is 0.333. The first kappa shape index (κ1) is 23.8. The van der Waals surface area contributed by atoms with Gasteiger partial charge < -0.3 is 25.0 Å². The maximum Gasteiger partial charge on any atom is 0.191 e. The van der Waals surface area contributed by atoms with Gasteiger partial charge in [0, 0.05) is 32.7 Å². The van der Waals surface area contributed by atoms with Crippen LogP contribution in [0.4, 0.5) is 0 Å². The first-order chi connectivity index (χ1) is 12.7. The molecule has 7 heteroatoms. The molecule has 0 aromatic heterocycles. The molecule has 1 aliphatic rings. The van der Waals surface area contributed by atoms with Gasteiger partial charge in [-0.1, -0.05) is 13.0 Å². The zero-order valence-electron chi connectivity index (χ0n) is 17.1. The van der Waals surface area contributed by atoms with Crippen LogP contribution in [0.3, 0.4) is 0 Å². The molecule has 1 aliphatic heterocycles. The number of halogens is 1. The first-order valence-corrected chi connectivity index (χ1v) is 9.69. The minimum atomic E-state index is 0. The number of guanidine groups is 1. The Hall–Kier alpha value is -1.22. The van der Waals surface area contributed by atoms with E-state index in [1.807, 2.05) is 32.2 Å². The largest absolute Gasteiger partial charge is 0.493 e. The van der Waals surface area contributed by atoms with Gasteiger partial charge in [0.2, 0.25) is 0 Å². The van der Waals surface area contributed by atoms with Crippen molar-refractivity contribution in [2.45, 2.75) is 45.7 Å². The van der Waals surface area contributed by atoms with E-state index >= 15 is 0 Å². The van der Waals surface area contributed by atoms with Crippen LogP contribution in [0.5, 0.6) is 11.5 Å². The SMILES string of the molecule is CCCN1CCC(NC(=NC)NCc2ccc(OC)c(OCC)c2)CC1.I. The Labute approximate surface area is 181 Å². The summed E-state index contributed by atoms with van der Waals surface area (Å²) in [6.07, 6.45) is 3.56. The smallest absolute Gasteiger partial charge is 0.191 e. The fourth-order valence-electron chi connectivity index (χ4n) is 3.29. The lowest BCUT2D eigenvalue weighted by molar-refractivity contribution is 0.206. The molecule has 0 bridgehead atoms. The van der Waals surface area contributed by atoms with Crippen LogP contribution in [0.1, 0.15) is 38.7 Å². The molecule has 27 heavy (non-hydrogen) atoms. The summed E-state index contributed by atoms with van der Waals surface area (Å²) in [5, 5.41) is 6.96. The number of rotatable bonds is 8. The molecule has 154 valence electrons. The molecule has 0 unspecified atom stereocenters. The van der Waals surface area contributed by atoms with Crippen LogP contribution in [-0.4, -0.2) is 57.3 Å². The maximum atomic E-state index is 5.65. The Morgan fingerprint density at radius 3 is 2.56 bits per heavy atom. The molecule has 0 atom stereocenters. The average Bonchev–Trinajstić information content (AvgIpc) is 2.67. The summed E-state index contributed by atoms with van der Waals surface area (Å²) in [7, 11) is 3.48. The molecule has 1 heterocycles. The molecule has 1 aromatic carbocycles. The number of nitrogens with zero attached hydrogens (tertiary/aromatic N) is 2. The van der Waals surface area contributed by atoms with Gasteiger partial charge in [-0.05, 0) is 50.4 Å². The third-order valence-electron chi connectivity index (χ3n) is 4.68. The summed E-state index contributed by atoms with van der Waals surface area (Å²) in [6, 6.07) is 6.50. The standard InChI is InChI=1S/C20H34N4O2.HI/c1-5-11-24-12-9-17(10-13-24)23-20(21-3)22-15-16-7-8-18(25-4)19(14-16)26-6-2;/h7-8,14,17H,5-6,9-13,15H2,1-4H3,(H2,21,22,23);1H. The average molecular weight is 490 g/mol. The van der Waals surface area contributed by atoms with E-state index in [4.69, 9.17) is 9.47 Å². The molecule has 1 fully saturated rings. The van der Waals surface area contributed by atoms with Gasteiger partial charge >= 0.3 is 0 Å². The molecule has 1 saturated heterocycles. The molecule has 0 aliphatic carbocycles. The predicted octanol–water partition coefficient (Wildman–Crippen LogP) is 3.25. The summed E-state index contributed by atoms with van der Waals surface area (Å²) in [6.45, 7) is 9.07. The molecule has 2 N–H and O–H groups in total. The minimum absolute atomic E-state index is 0. The summed E-state index contributed by atoms with van der Waals surface area (Å²) in [4.78, 5) is 6.91. The number of ether oxygens (including phenoxy) is 2. The van der Waals surface area contributed by atoms with Crippen molar-refractivity contribution in [3.05, 3.63) is 23.8 Å². The highest BCUT2D eigenvalue weighted by molar-refractivity contribution is 14.0. The zero-order chi connectivity index (χ0) is 18.8. The van der Waals surface area contributed by atoms with Crippen LogP contribution >= 0.6 is 24.0 Å². The lowest BCUT2D eigenvalue weighted by Crippen LogP contribution is -2.48. The van der Waals surface area contributed by atoms with Crippen molar-refractivity contribution in [3.8, 4) is 11.5 Å². The molecule has 2 rings (SSSR count). The Bertz CT molecular complexity index is 575. The Morgan fingerprint density at radius 1 is 1.22 bits per heavy atom. The molecule has 0 spiro atoms. The van der Waals surface area contributed by atoms with E-state index in [1.165, 1.54) is 26.1 Å². The van der Waals surface area contributed by atoms with E-state index < -0.39 is 0 Å². The third kappa shape index (κ3) is 7.73. The monoisotopic (exact) mass is 490 g/mol. The minimum Gasteiger partial charge on any atom is -0.493 e. The van der Waals surface area contributed by atoms with Crippen molar-refractivity contribution in [2.24, 2.45) is 4.99 Å². The molecular formula is C20H35IN4O2. The van der Waals surface area contributed by atoms with Crippen LogP contribution in [0.15, 0.2) is 23.2 Å². The predicted molar refractivity (Wildman–Crippen MR) is 123 cm³/mol. The van der Waals surface area contributed by atoms with Gasteiger partial charge in [-0.2, -0.15) is 0 Å². The number of likely N-dealkylation sites (tertiary alicyclic amines) is 1. The van der Waals surface area contributed by atoms with Gasteiger partial charge in [-0.3, -0.25) is 4.99 Å². The van der Waals surface area contributed by atoms with Crippen molar-refractivity contribution in [3.63, 3.8) is 0 Å².